The molecule has 0 atom stereocenters. The van der Waals surface area contributed by atoms with E-state index in [9.17, 15) is 0 Å². The zero-order valence-electron chi connectivity index (χ0n) is 7.49. The summed E-state index contributed by atoms with van der Waals surface area (Å²) in [5.74, 6) is 0.992. The van der Waals surface area contributed by atoms with Crippen molar-refractivity contribution in [1.82, 2.24) is 21.0 Å². The van der Waals surface area contributed by atoms with Gasteiger partial charge >= 0.3 is 0 Å². The van der Waals surface area contributed by atoms with E-state index < -0.39 is 0 Å². The molecule has 0 radical (unpaired) electrons. The number of hydrogen-bond donors (Lipinski definition) is 3. The average molecular weight is 186 g/mol. The topological polar surface area (TPSA) is 41.0 Å². The number of rotatable bonds is 1. The van der Waals surface area contributed by atoms with Crippen LogP contribution in [0.3, 0.4) is 0 Å². The van der Waals surface area contributed by atoms with Crippen LogP contribution >= 0.6 is 0 Å². The van der Waals surface area contributed by atoms with Crippen molar-refractivity contribution in [2.45, 2.75) is 0 Å². The van der Waals surface area contributed by atoms with Gasteiger partial charge in [0.25, 0.3) is 0 Å². The molecule has 0 aliphatic carbocycles. The second-order valence-corrected chi connectivity index (χ2v) is 3.17. The molecule has 0 unspecified atom stereocenters. The number of hydrazine groups is 2. The van der Waals surface area contributed by atoms with E-state index in [0.717, 1.165) is 5.82 Å². The Labute approximate surface area is 81.2 Å². The lowest BCUT2D eigenvalue weighted by Gasteiger charge is -2.05. The average Bonchev–Trinajstić information content (AvgIpc) is 2.85. The molecule has 0 saturated carbocycles. The zero-order chi connectivity index (χ0) is 9.38. The molecule has 2 heterocycles. The molecule has 14 heavy (non-hydrogen) atoms. The number of para-hydroxylation sites is 1. The molecule has 0 amide bonds. The van der Waals surface area contributed by atoms with Gasteiger partial charge in [-0.15, -0.1) is 5.53 Å². The van der Waals surface area contributed by atoms with Crippen LogP contribution in [0.15, 0.2) is 42.7 Å². The molecule has 1 aromatic heterocycles. The van der Waals surface area contributed by atoms with E-state index in [1.165, 1.54) is 10.9 Å². The summed E-state index contributed by atoms with van der Waals surface area (Å²) in [5, 5.41) is 1.24. The van der Waals surface area contributed by atoms with Gasteiger partial charge in [0.15, 0.2) is 0 Å². The van der Waals surface area contributed by atoms with Crippen LogP contribution in [-0.4, -0.2) is 4.57 Å². The third-order valence-corrected chi connectivity index (χ3v) is 2.33. The minimum Gasteiger partial charge on any atom is -0.308 e. The maximum Gasteiger partial charge on any atom is 0.144 e. The summed E-state index contributed by atoms with van der Waals surface area (Å²) >= 11 is 0. The van der Waals surface area contributed by atoms with E-state index in [4.69, 9.17) is 0 Å². The van der Waals surface area contributed by atoms with Crippen molar-refractivity contribution in [3.05, 3.63) is 42.7 Å². The molecule has 0 spiro atoms. The van der Waals surface area contributed by atoms with Crippen LogP contribution in [-0.2, 0) is 0 Å². The maximum atomic E-state index is 3.01. The van der Waals surface area contributed by atoms with Crippen LogP contribution in [0.4, 0.5) is 0 Å². The van der Waals surface area contributed by atoms with Crippen LogP contribution in [0.1, 0.15) is 0 Å². The van der Waals surface area contributed by atoms with Crippen molar-refractivity contribution in [3.63, 3.8) is 0 Å². The van der Waals surface area contributed by atoms with Crippen LogP contribution < -0.4 is 16.4 Å². The predicted molar refractivity (Wildman–Crippen MR) is 55.6 cm³/mol. The van der Waals surface area contributed by atoms with Gasteiger partial charge < -0.3 is 9.99 Å². The zero-order valence-corrected chi connectivity index (χ0v) is 7.49. The summed E-state index contributed by atoms with van der Waals surface area (Å²) in [6.45, 7) is 0. The van der Waals surface area contributed by atoms with E-state index in [1.807, 2.05) is 24.5 Å². The first kappa shape index (κ1) is 7.46. The summed E-state index contributed by atoms with van der Waals surface area (Å²) in [6.07, 6.45) is 3.92. The maximum absolute atomic E-state index is 3.01. The summed E-state index contributed by atoms with van der Waals surface area (Å²) in [4.78, 5) is 0. The Balaban J connectivity index is 2.21. The fraction of sp³-hybridized carbons (Fsp3) is 0. The molecule has 2 aromatic rings. The van der Waals surface area contributed by atoms with Crippen LogP contribution in [0, 0.1) is 0 Å². The Hall–Kier alpha value is -1.94. The number of aromatic nitrogens is 1. The van der Waals surface area contributed by atoms with Gasteiger partial charge in [0, 0.05) is 6.20 Å². The lowest BCUT2D eigenvalue weighted by atomic mass is 10.2. The van der Waals surface area contributed by atoms with E-state index in [0.29, 0.717) is 0 Å². The van der Waals surface area contributed by atoms with Crippen LogP contribution in [0.2, 0.25) is 0 Å². The summed E-state index contributed by atoms with van der Waals surface area (Å²) in [5.41, 5.74) is 9.90. The highest BCUT2D eigenvalue weighted by molar-refractivity contribution is 5.83. The van der Waals surface area contributed by atoms with Crippen molar-refractivity contribution < 1.29 is 0 Å². The highest BCUT2D eigenvalue weighted by atomic mass is 15.6. The Morgan fingerprint density at radius 1 is 1.07 bits per heavy atom. The number of nitrogens with zero attached hydrogens (tertiary/aromatic N) is 1. The third-order valence-electron chi connectivity index (χ3n) is 2.33. The molecule has 1 aliphatic heterocycles. The van der Waals surface area contributed by atoms with Crippen LogP contribution in [0.5, 0.6) is 0 Å². The van der Waals surface area contributed by atoms with Gasteiger partial charge in [-0.25, -0.2) is 0 Å². The third kappa shape index (κ3) is 0.978. The molecule has 70 valence electrons. The van der Waals surface area contributed by atoms with Crippen molar-refractivity contribution in [2.24, 2.45) is 0 Å². The van der Waals surface area contributed by atoms with Crippen molar-refractivity contribution in [2.75, 3.05) is 0 Å². The normalized spacial score (nSPS) is 15.0. The van der Waals surface area contributed by atoms with Gasteiger partial charge in [-0.1, -0.05) is 18.2 Å². The molecule has 0 fully saturated rings. The van der Waals surface area contributed by atoms with Gasteiger partial charge in [-0.05, 0) is 17.5 Å². The number of nitrogens with one attached hydrogen (secondary N) is 3. The molecule has 3 N–H and O–H groups in total. The lowest BCUT2D eigenvalue weighted by molar-refractivity contribution is 0.612. The first-order chi connectivity index (χ1) is 6.95. The molecule has 0 saturated heterocycles. The first-order valence-corrected chi connectivity index (χ1v) is 4.48. The smallest absolute Gasteiger partial charge is 0.144 e. The number of fused-ring (bicyclic) bond motifs is 1. The Kier molecular flexibility index (Phi) is 1.48. The van der Waals surface area contributed by atoms with E-state index in [-0.39, 0.29) is 0 Å². The summed E-state index contributed by atoms with van der Waals surface area (Å²) in [6, 6.07) is 10.4. The van der Waals surface area contributed by atoms with Crippen molar-refractivity contribution >= 4 is 16.7 Å². The lowest BCUT2D eigenvalue weighted by Crippen LogP contribution is -2.32. The highest BCUT2D eigenvalue weighted by Gasteiger charge is 2.06. The molecule has 4 heteroatoms. The Bertz CT molecular complexity index is 498. The standard InChI is InChI=1S/C10H10N4/c1-2-4-9-8(3-1)5-6-14(9)10-7-11-13-12-10/h1-7,11-13H. The molecular formula is C10H10N4. The largest absolute Gasteiger partial charge is 0.308 e. The fourth-order valence-electron chi connectivity index (χ4n) is 1.66. The Morgan fingerprint density at radius 2 is 2.00 bits per heavy atom. The summed E-state index contributed by atoms with van der Waals surface area (Å²) < 4.78 is 2.09. The monoisotopic (exact) mass is 186 g/mol. The Morgan fingerprint density at radius 3 is 2.86 bits per heavy atom. The second kappa shape index (κ2) is 2.78. The minimum atomic E-state index is 0.992. The van der Waals surface area contributed by atoms with Crippen molar-refractivity contribution in [3.8, 4) is 0 Å². The molecule has 1 aliphatic rings. The van der Waals surface area contributed by atoms with Gasteiger partial charge in [0.2, 0.25) is 0 Å². The first-order valence-electron chi connectivity index (χ1n) is 4.48. The van der Waals surface area contributed by atoms with Gasteiger partial charge in [0.05, 0.1) is 11.7 Å². The quantitative estimate of drug-likeness (QED) is 0.622. The highest BCUT2D eigenvalue weighted by Crippen LogP contribution is 2.17. The van der Waals surface area contributed by atoms with Gasteiger partial charge in [0.1, 0.15) is 5.82 Å². The minimum absolute atomic E-state index is 0.992. The molecular weight excluding hydrogens is 176 g/mol. The van der Waals surface area contributed by atoms with E-state index in [1.54, 1.807) is 0 Å². The van der Waals surface area contributed by atoms with E-state index in [2.05, 4.69) is 39.2 Å². The van der Waals surface area contributed by atoms with Crippen molar-refractivity contribution in [1.29, 1.82) is 0 Å². The summed E-state index contributed by atoms with van der Waals surface area (Å²) in [7, 11) is 0. The van der Waals surface area contributed by atoms with E-state index >= 15 is 0 Å². The molecule has 3 rings (SSSR count). The van der Waals surface area contributed by atoms with Gasteiger partial charge in [-0.3, -0.25) is 5.43 Å². The predicted octanol–water partition coefficient (Wildman–Crippen LogP) is 1.01. The van der Waals surface area contributed by atoms with Crippen LogP contribution in [0.25, 0.3) is 16.7 Å². The number of benzene rings is 1. The molecule has 4 nitrogen and oxygen atoms in total. The number of hydrogen-bond acceptors (Lipinski definition) is 3. The fourth-order valence-corrected chi connectivity index (χ4v) is 1.66. The molecule has 1 aromatic carbocycles. The molecule has 0 bridgehead atoms. The SMILES string of the molecule is C1=C(n2ccc3ccccc32)NNN1. The second-order valence-electron chi connectivity index (χ2n) is 3.17. The van der Waals surface area contributed by atoms with Gasteiger partial charge in [-0.2, -0.15) is 0 Å².